The van der Waals surface area contributed by atoms with Crippen molar-refractivity contribution in [2.75, 3.05) is 7.11 Å². The fourth-order valence-electron chi connectivity index (χ4n) is 3.84. The first-order valence-corrected chi connectivity index (χ1v) is 8.85. The molecule has 1 fully saturated rings. The van der Waals surface area contributed by atoms with E-state index >= 15 is 0 Å². The number of hydrogen-bond acceptors (Lipinski definition) is 4. The average molecular weight is 334 g/mol. The van der Waals surface area contributed by atoms with E-state index < -0.39 is 5.97 Å². The molecule has 0 spiro atoms. The summed E-state index contributed by atoms with van der Waals surface area (Å²) in [5.41, 5.74) is 2.31. The van der Waals surface area contributed by atoms with Crippen LogP contribution < -0.4 is 5.32 Å². The summed E-state index contributed by atoms with van der Waals surface area (Å²) in [5.74, 6) is 0.830. The van der Waals surface area contributed by atoms with Crippen molar-refractivity contribution in [2.45, 2.75) is 66.0 Å². The van der Waals surface area contributed by atoms with Crippen LogP contribution in [0.3, 0.4) is 0 Å². The molecule has 1 aliphatic carbocycles. The van der Waals surface area contributed by atoms with Crippen LogP contribution >= 0.6 is 0 Å². The van der Waals surface area contributed by atoms with Crippen LogP contribution in [-0.4, -0.2) is 35.9 Å². The summed E-state index contributed by atoms with van der Waals surface area (Å²) in [4.78, 5) is 27.8. The van der Waals surface area contributed by atoms with Crippen molar-refractivity contribution in [1.29, 1.82) is 0 Å². The number of aryl methyl sites for hydroxylation is 1. The van der Waals surface area contributed by atoms with Crippen molar-refractivity contribution < 1.29 is 14.3 Å². The Kier molecular flexibility index (Phi) is 5.86. The van der Waals surface area contributed by atoms with Crippen LogP contribution in [0.25, 0.3) is 0 Å². The Balaban J connectivity index is 2.15. The summed E-state index contributed by atoms with van der Waals surface area (Å²) in [5, 5.41) is 3.51. The first kappa shape index (κ1) is 18.7. The Morgan fingerprint density at radius 1 is 1.25 bits per heavy atom. The second-order valence-corrected chi connectivity index (χ2v) is 7.24. The molecule has 1 aliphatic rings. The van der Waals surface area contributed by atoms with Gasteiger partial charge in [-0.05, 0) is 44.6 Å². The summed E-state index contributed by atoms with van der Waals surface area (Å²) in [6, 6.07) is 0.0779. The van der Waals surface area contributed by atoms with E-state index in [4.69, 9.17) is 4.74 Å². The van der Waals surface area contributed by atoms with Gasteiger partial charge in [0, 0.05) is 11.7 Å². The van der Waals surface area contributed by atoms with Gasteiger partial charge < -0.3 is 15.0 Å². The van der Waals surface area contributed by atoms with E-state index in [1.165, 1.54) is 20.0 Å². The van der Waals surface area contributed by atoms with Crippen LogP contribution in [0, 0.1) is 25.7 Å². The van der Waals surface area contributed by atoms with Gasteiger partial charge in [-0.2, -0.15) is 0 Å². The SMILES string of the molecule is COC(=O)c1c(C)[nH]c(C(=O)[C@@H](C)N[C@H]2CCC[C@H](C)[C@@H]2C)c1C. The molecule has 0 unspecified atom stereocenters. The Morgan fingerprint density at radius 2 is 1.92 bits per heavy atom. The van der Waals surface area contributed by atoms with Gasteiger partial charge in [0.2, 0.25) is 0 Å². The summed E-state index contributed by atoms with van der Waals surface area (Å²) >= 11 is 0. The second kappa shape index (κ2) is 7.51. The number of nitrogens with one attached hydrogen (secondary N) is 2. The first-order chi connectivity index (χ1) is 11.3. The van der Waals surface area contributed by atoms with E-state index in [0.29, 0.717) is 40.4 Å². The predicted octanol–water partition coefficient (Wildman–Crippen LogP) is 3.40. The number of esters is 1. The molecule has 1 aromatic heterocycles. The number of methoxy groups -OCH3 is 1. The lowest BCUT2D eigenvalue weighted by Gasteiger charge is -2.36. The largest absolute Gasteiger partial charge is 0.465 e. The van der Waals surface area contributed by atoms with Gasteiger partial charge in [-0.15, -0.1) is 0 Å². The summed E-state index contributed by atoms with van der Waals surface area (Å²) in [7, 11) is 1.35. The normalized spacial score (nSPS) is 25.3. The summed E-state index contributed by atoms with van der Waals surface area (Å²) < 4.78 is 4.81. The number of ketones is 1. The predicted molar refractivity (Wildman–Crippen MR) is 94.5 cm³/mol. The van der Waals surface area contributed by atoms with Gasteiger partial charge in [0.15, 0.2) is 5.78 Å². The first-order valence-electron chi connectivity index (χ1n) is 8.85. The van der Waals surface area contributed by atoms with Gasteiger partial charge in [0.25, 0.3) is 0 Å². The topological polar surface area (TPSA) is 71.2 Å². The minimum atomic E-state index is -0.407. The molecule has 1 saturated carbocycles. The molecule has 0 aromatic carbocycles. The van der Waals surface area contributed by atoms with Crippen molar-refractivity contribution in [3.63, 3.8) is 0 Å². The summed E-state index contributed by atoms with van der Waals surface area (Å²) in [6.07, 6.45) is 3.58. The van der Waals surface area contributed by atoms with Gasteiger partial charge in [-0.25, -0.2) is 4.79 Å². The smallest absolute Gasteiger partial charge is 0.339 e. The van der Waals surface area contributed by atoms with Crippen molar-refractivity contribution in [3.05, 3.63) is 22.5 Å². The molecule has 1 heterocycles. The minimum Gasteiger partial charge on any atom is -0.465 e. The van der Waals surface area contributed by atoms with Crippen LogP contribution in [0.15, 0.2) is 0 Å². The molecule has 134 valence electrons. The molecule has 0 aliphatic heterocycles. The van der Waals surface area contributed by atoms with E-state index in [1.807, 2.05) is 6.92 Å². The van der Waals surface area contributed by atoms with Crippen LogP contribution in [0.4, 0.5) is 0 Å². The zero-order valence-corrected chi connectivity index (χ0v) is 15.7. The maximum Gasteiger partial charge on any atom is 0.339 e. The van der Waals surface area contributed by atoms with Crippen LogP contribution in [0.2, 0.25) is 0 Å². The van der Waals surface area contributed by atoms with Gasteiger partial charge in [0.05, 0.1) is 24.4 Å². The highest BCUT2D eigenvalue weighted by molar-refractivity contribution is 6.03. The minimum absolute atomic E-state index is 0.00354. The lowest BCUT2D eigenvalue weighted by atomic mass is 9.77. The number of ether oxygens (including phenoxy) is 1. The molecule has 24 heavy (non-hydrogen) atoms. The van der Waals surface area contributed by atoms with Crippen molar-refractivity contribution in [3.8, 4) is 0 Å². The Morgan fingerprint density at radius 3 is 2.54 bits per heavy atom. The standard InChI is InChI=1S/C19H30N2O3/c1-10-8-7-9-15(11(10)2)20-14(5)18(22)17-12(3)16(13(4)21-17)19(23)24-6/h10-11,14-15,20-21H,7-9H2,1-6H3/t10-,11-,14+,15-/m0/s1. The number of aromatic amines is 1. The molecule has 0 saturated heterocycles. The second-order valence-electron chi connectivity index (χ2n) is 7.24. The van der Waals surface area contributed by atoms with E-state index in [-0.39, 0.29) is 11.8 Å². The Labute approximate surface area is 144 Å². The fourth-order valence-corrected chi connectivity index (χ4v) is 3.84. The molecule has 5 heteroatoms. The highest BCUT2D eigenvalue weighted by Crippen LogP contribution is 2.30. The molecule has 0 radical (unpaired) electrons. The molecule has 1 aromatic rings. The lowest BCUT2D eigenvalue weighted by Crippen LogP contribution is -2.47. The quantitative estimate of drug-likeness (QED) is 0.639. The van der Waals surface area contributed by atoms with Gasteiger partial charge in [0.1, 0.15) is 0 Å². The molecule has 4 atom stereocenters. The van der Waals surface area contributed by atoms with Crippen molar-refractivity contribution >= 4 is 11.8 Å². The van der Waals surface area contributed by atoms with Crippen molar-refractivity contribution in [1.82, 2.24) is 10.3 Å². The fraction of sp³-hybridized carbons (Fsp3) is 0.684. The molecule has 2 rings (SSSR count). The van der Waals surface area contributed by atoms with Gasteiger partial charge in [-0.3, -0.25) is 4.79 Å². The zero-order chi connectivity index (χ0) is 18.0. The number of rotatable bonds is 5. The van der Waals surface area contributed by atoms with Gasteiger partial charge in [-0.1, -0.05) is 26.7 Å². The van der Waals surface area contributed by atoms with E-state index in [0.717, 1.165) is 6.42 Å². The molecule has 2 N–H and O–H groups in total. The number of carbonyl (C=O) groups is 2. The third-order valence-corrected chi connectivity index (χ3v) is 5.64. The van der Waals surface area contributed by atoms with E-state index in [1.54, 1.807) is 13.8 Å². The molecular weight excluding hydrogens is 304 g/mol. The van der Waals surface area contributed by atoms with Crippen LogP contribution in [-0.2, 0) is 4.74 Å². The van der Waals surface area contributed by atoms with E-state index in [9.17, 15) is 9.59 Å². The monoisotopic (exact) mass is 334 g/mol. The number of Topliss-reactive ketones (excluding diaryl/α,β-unsaturated/α-hetero) is 1. The lowest BCUT2D eigenvalue weighted by molar-refractivity contribution is 0.0599. The van der Waals surface area contributed by atoms with Crippen LogP contribution in [0.1, 0.15) is 72.1 Å². The Hall–Kier alpha value is -1.62. The Bertz CT molecular complexity index is 620. The third-order valence-electron chi connectivity index (χ3n) is 5.64. The molecular formula is C19H30N2O3. The average Bonchev–Trinajstić information content (AvgIpc) is 2.85. The third kappa shape index (κ3) is 3.56. The number of hydrogen-bond donors (Lipinski definition) is 2. The van der Waals surface area contributed by atoms with E-state index in [2.05, 4.69) is 24.1 Å². The summed E-state index contributed by atoms with van der Waals surface area (Å²) in [6.45, 7) is 10.0. The number of carbonyl (C=O) groups excluding carboxylic acids is 2. The van der Waals surface area contributed by atoms with Crippen molar-refractivity contribution in [2.24, 2.45) is 11.8 Å². The molecule has 0 bridgehead atoms. The zero-order valence-electron chi connectivity index (χ0n) is 15.7. The molecule has 0 amide bonds. The molecule has 5 nitrogen and oxygen atoms in total. The maximum absolute atomic E-state index is 12.9. The van der Waals surface area contributed by atoms with Crippen LogP contribution in [0.5, 0.6) is 0 Å². The number of H-pyrrole nitrogens is 1. The highest BCUT2D eigenvalue weighted by Gasteiger charge is 2.31. The maximum atomic E-state index is 12.9. The van der Waals surface area contributed by atoms with Gasteiger partial charge >= 0.3 is 5.97 Å². The highest BCUT2D eigenvalue weighted by atomic mass is 16.5. The number of aromatic nitrogens is 1.